The molecule has 4 nitrogen and oxygen atoms in total. The lowest BCUT2D eigenvalue weighted by molar-refractivity contribution is 0.600. The van der Waals surface area contributed by atoms with E-state index in [2.05, 4.69) is 60.1 Å². The molecular weight excluding hydrogens is 448 g/mol. The first-order chi connectivity index (χ1) is 7.09. The number of aromatic nitrogens is 4. The van der Waals surface area contributed by atoms with Crippen molar-refractivity contribution in [3.8, 4) is 5.82 Å². The van der Waals surface area contributed by atoms with Gasteiger partial charge in [-0.1, -0.05) is 0 Å². The molecular formula is C7H2ClFI2N4. The van der Waals surface area contributed by atoms with E-state index in [1.165, 1.54) is 10.9 Å². The summed E-state index contributed by atoms with van der Waals surface area (Å²) in [5.74, 6) is -0.430. The largest absolute Gasteiger partial charge is 0.274 e. The molecule has 2 aromatic rings. The van der Waals surface area contributed by atoms with Crippen LogP contribution in [0.15, 0.2) is 12.5 Å². The molecule has 0 aromatic carbocycles. The third kappa shape index (κ3) is 2.23. The van der Waals surface area contributed by atoms with Crippen LogP contribution in [0.1, 0.15) is 0 Å². The Morgan fingerprint density at radius 2 is 2.07 bits per heavy atom. The molecule has 2 rings (SSSR count). The number of hydrogen-bond donors (Lipinski definition) is 0. The van der Waals surface area contributed by atoms with Gasteiger partial charge < -0.3 is 0 Å². The van der Waals surface area contributed by atoms with E-state index in [0.29, 0.717) is 0 Å². The minimum Gasteiger partial charge on any atom is -0.274 e. The molecule has 0 aliphatic carbocycles. The Kier molecular flexibility index (Phi) is 3.40. The first kappa shape index (κ1) is 11.5. The maximum atomic E-state index is 13.4. The Morgan fingerprint density at radius 3 is 2.67 bits per heavy atom. The number of rotatable bonds is 1. The highest BCUT2D eigenvalue weighted by molar-refractivity contribution is 14.1. The maximum absolute atomic E-state index is 13.4. The molecule has 0 unspecified atom stereocenters. The lowest BCUT2D eigenvalue weighted by atomic mass is 10.5. The number of imidazole rings is 1. The molecule has 0 fully saturated rings. The summed E-state index contributed by atoms with van der Waals surface area (Å²) in [7, 11) is 0. The van der Waals surface area contributed by atoms with Crippen LogP contribution in [0.5, 0.6) is 0 Å². The molecule has 8 heteroatoms. The zero-order chi connectivity index (χ0) is 11.0. The van der Waals surface area contributed by atoms with Gasteiger partial charge in [0, 0.05) is 0 Å². The van der Waals surface area contributed by atoms with E-state index in [-0.39, 0.29) is 11.1 Å². The predicted molar refractivity (Wildman–Crippen MR) is 69.6 cm³/mol. The molecule has 0 atom stereocenters. The number of nitrogens with zero attached hydrogens (tertiary/aromatic N) is 4. The molecule has 2 aromatic heterocycles. The van der Waals surface area contributed by atoms with Crippen molar-refractivity contribution in [3.05, 3.63) is 31.0 Å². The highest BCUT2D eigenvalue weighted by Gasteiger charge is 2.13. The van der Waals surface area contributed by atoms with Crippen LogP contribution < -0.4 is 0 Å². The first-order valence-corrected chi connectivity index (χ1v) is 6.20. The summed E-state index contributed by atoms with van der Waals surface area (Å²) < 4.78 is 16.5. The van der Waals surface area contributed by atoms with E-state index >= 15 is 0 Å². The Bertz CT molecular complexity index is 516. The van der Waals surface area contributed by atoms with Crippen molar-refractivity contribution in [3.63, 3.8) is 0 Å². The van der Waals surface area contributed by atoms with Gasteiger partial charge in [-0.05, 0) is 56.8 Å². The Hall–Kier alpha value is -0.0300. The third-order valence-corrected chi connectivity index (χ3v) is 4.63. The highest BCUT2D eigenvalue weighted by atomic mass is 127. The van der Waals surface area contributed by atoms with Crippen LogP contribution in [0.3, 0.4) is 0 Å². The van der Waals surface area contributed by atoms with Gasteiger partial charge in [-0.15, -0.1) is 0 Å². The fourth-order valence-electron chi connectivity index (χ4n) is 0.966. The van der Waals surface area contributed by atoms with Crippen molar-refractivity contribution in [1.29, 1.82) is 0 Å². The molecule has 0 N–H and O–H groups in total. The maximum Gasteiger partial charge on any atom is 0.224 e. The van der Waals surface area contributed by atoms with Crippen LogP contribution in [0, 0.1) is 13.2 Å². The van der Waals surface area contributed by atoms with Crippen LogP contribution in [-0.4, -0.2) is 19.5 Å². The normalized spacial score (nSPS) is 10.7. The molecule has 78 valence electrons. The highest BCUT2D eigenvalue weighted by Crippen LogP contribution is 2.19. The van der Waals surface area contributed by atoms with Gasteiger partial charge in [-0.3, -0.25) is 4.57 Å². The quantitative estimate of drug-likeness (QED) is 0.496. The first-order valence-electron chi connectivity index (χ1n) is 3.66. The van der Waals surface area contributed by atoms with Gasteiger partial charge in [-0.2, -0.15) is 4.98 Å². The summed E-state index contributed by atoms with van der Waals surface area (Å²) in [6.07, 6.45) is 2.53. The summed E-state index contributed by atoms with van der Waals surface area (Å²) in [4.78, 5) is 11.4. The fourth-order valence-corrected chi connectivity index (χ4v) is 1.97. The van der Waals surface area contributed by atoms with E-state index in [1.54, 1.807) is 0 Å². The summed E-state index contributed by atoms with van der Waals surface area (Å²) in [5.41, 5.74) is 0. The molecule has 2 heterocycles. The average Bonchev–Trinajstić information content (AvgIpc) is 2.52. The van der Waals surface area contributed by atoms with Crippen molar-refractivity contribution in [2.45, 2.75) is 0 Å². The fraction of sp³-hybridized carbons (Fsp3) is 0. The van der Waals surface area contributed by atoms with Gasteiger partial charge in [0.1, 0.15) is 13.7 Å². The van der Waals surface area contributed by atoms with Gasteiger partial charge in [0.25, 0.3) is 0 Å². The molecule has 0 radical (unpaired) electrons. The molecule has 0 spiro atoms. The van der Waals surface area contributed by atoms with Gasteiger partial charge >= 0.3 is 0 Å². The molecule has 0 bridgehead atoms. The van der Waals surface area contributed by atoms with E-state index in [4.69, 9.17) is 11.6 Å². The van der Waals surface area contributed by atoms with E-state index in [1.807, 2.05) is 0 Å². The van der Waals surface area contributed by atoms with E-state index in [0.717, 1.165) is 13.6 Å². The molecule has 0 saturated carbocycles. The topological polar surface area (TPSA) is 43.6 Å². The van der Waals surface area contributed by atoms with Crippen LogP contribution in [0.25, 0.3) is 5.82 Å². The summed E-state index contributed by atoms with van der Waals surface area (Å²) in [6.45, 7) is 0. The second-order valence-electron chi connectivity index (χ2n) is 2.51. The van der Waals surface area contributed by atoms with Gasteiger partial charge in [0.05, 0.1) is 6.20 Å². The second kappa shape index (κ2) is 4.45. The average molecular weight is 450 g/mol. The Labute approximate surface area is 117 Å². The molecule has 0 amide bonds. The second-order valence-corrected chi connectivity index (χ2v) is 4.89. The third-order valence-electron chi connectivity index (χ3n) is 1.59. The van der Waals surface area contributed by atoms with E-state index in [9.17, 15) is 4.39 Å². The van der Waals surface area contributed by atoms with Gasteiger partial charge in [0.15, 0.2) is 11.6 Å². The molecule has 0 aliphatic rings. The van der Waals surface area contributed by atoms with Crippen LogP contribution >= 0.6 is 56.8 Å². The smallest absolute Gasteiger partial charge is 0.224 e. The molecule has 0 aliphatic heterocycles. The summed E-state index contributed by atoms with van der Waals surface area (Å²) >= 11 is 9.71. The number of hydrogen-bond acceptors (Lipinski definition) is 3. The minimum atomic E-state index is -0.536. The van der Waals surface area contributed by atoms with Crippen molar-refractivity contribution in [2.75, 3.05) is 0 Å². The zero-order valence-corrected chi connectivity index (χ0v) is 12.0. The zero-order valence-electron chi connectivity index (χ0n) is 6.96. The summed E-state index contributed by atoms with van der Waals surface area (Å²) in [5, 5.41) is 0.00547. The SMILES string of the molecule is Fc1cnc(Cl)nc1-n1cnc(I)c1I. The van der Waals surface area contributed by atoms with Crippen LogP contribution in [0.2, 0.25) is 5.28 Å². The lowest BCUT2D eigenvalue weighted by Crippen LogP contribution is -2.03. The van der Waals surface area contributed by atoms with Crippen LogP contribution in [-0.2, 0) is 0 Å². The van der Waals surface area contributed by atoms with Crippen LogP contribution in [0.4, 0.5) is 4.39 Å². The molecule has 0 saturated heterocycles. The predicted octanol–water partition coefficient (Wildman–Crippen LogP) is 2.66. The van der Waals surface area contributed by atoms with Crippen molar-refractivity contribution in [1.82, 2.24) is 19.5 Å². The lowest BCUT2D eigenvalue weighted by Gasteiger charge is -2.03. The van der Waals surface area contributed by atoms with Gasteiger partial charge in [0.2, 0.25) is 5.28 Å². The van der Waals surface area contributed by atoms with E-state index < -0.39 is 5.82 Å². The Balaban J connectivity index is 2.63. The standard InChI is InChI=1S/C7H2ClFI2N4/c8-7-12-1-3(9)6(14-7)15-2-13-4(10)5(15)11/h1-2H. The number of halogens is 4. The van der Waals surface area contributed by atoms with Crippen molar-refractivity contribution >= 4 is 56.8 Å². The van der Waals surface area contributed by atoms with Crippen molar-refractivity contribution in [2.24, 2.45) is 0 Å². The molecule has 15 heavy (non-hydrogen) atoms. The summed E-state index contributed by atoms with van der Waals surface area (Å²) in [6, 6.07) is 0. The minimum absolute atomic E-state index is 0.00547. The monoisotopic (exact) mass is 450 g/mol. The van der Waals surface area contributed by atoms with Crippen molar-refractivity contribution < 1.29 is 4.39 Å². The Morgan fingerprint density at radius 1 is 1.33 bits per heavy atom. The van der Waals surface area contributed by atoms with Gasteiger partial charge in [-0.25, -0.2) is 14.4 Å².